The summed E-state index contributed by atoms with van der Waals surface area (Å²) in [7, 11) is 0. The van der Waals surface area contributed by atoms with Gasteiger partial charge in [0, 0.05) is 24.5 Å². The van der Waals surface area contributed by atoms with Gasteiger partial charge in [-0.15, -0.1) is 0 Å². The van der Waals surface area contributed by atoms with Crippen molar-refractivity contribution < 1.29 is 9.59 Å². The van der Waals surface area contributed by atoms with Gasteiger partial charge in [0.1, 0.15) is 6.04 Å². The fourth-order valence-corrected chi connectivity index (χ4v) is 3.10. The van der Waals surface area contributed by atoms with Crippen molar-refractivity contribution in [2.75, 3.05) is 6.54 Å². The number of hydrogen-bond acceptors (Lipinski definition) is 3. The van der Waals surface area contributed by atoms with Crippen LogP contribution in [0.5, 0.6) is 0 Å². The highest BCUT2D eigenvalue weighted by Crippen LogP contribution is 2.24. The van der Waals surface area contributed by atoms with Crippen LogP contribution in [0.4, 0.5) is 0 Å². The molecule has 0 radical (unpaired) electrons. The molecule has 1 aliphatic carbocycles. The average Bonchev–Trinajstić information content (AvgIpc) is 2.71. The topological polar surface area (TPSA) is 75.4 Å². The first-order chi connectivity index (χ1) is 8.99. The molecule has 5 heteroatoms. The summed E-state index contributed by atoms with van der Waals surface area (Å²) in [6, 6.07) is 0.0153. The number of likely N-dealkylation sites (tertiary alicyclic amines) is 1. The van der Waals surface area contributed by atoms with Crippen LogP contribution in [0.15, 0.2) is 0 Å². The minimum atomic E-state index is -0.326. The maximum Gasteiger partial charge on any atom is 0.245 e. The summed E-state index contributed by atoms with van der Waals surface area (Å²) in [4.78, 5) is 26.1. The standard InChI is InChI=1S/C14H25N3O2/c1-9(2)17-7-6-12(14(17)19)16-13(18)10-4-3-5-11(15)8-10/h9-12H,3-8,15H2,1-2H3,(H,16,18). The Kier molecular flexibility index (Phi) is 4.45. The lowest BCUT2D eigenvalue weighted by Gasteiger charge is -2.27. The first-order valence-electron chi connectivity index (χ1n) is 7.35. The van der Waals surface area contributed by atoms with E-state index in [4.69, 9.17) is 5.73 Å². The van der Waals surface area contributed by atoms with Crippen molar-refractivity contribution in [1.29, 1.82) is 0 Å². The SMILES string of the molecule is CC(C)N1CCC(NC(=O)C2CCCC(N)C2)C1=O. The minimum absolute atomic E-state index is 0.00958. The molecule has 2 aliphatic rings. The first-order valence-corrected chi connectivity index (χ1v) is 7.35. The van der Waals surface area contributed by atoms with Gasteiger partial charge in [-0.05, 0) is 39.5 Å². The van der Waals surface area contributed by atoms with Crippen molar-refractivity contribution in [2.24, 2.45) is 11.7 Å². The Morgan fingerprint density at radius 2 is 2.11 bits per heavy atom. The van der Waals surface area contributed by atoms with Gasteiger partial charge < -0.3 is 16.0 Å². The van der Waals surface area contributed by atoms with Crippen LogP contribution in [0.25, 0.3) is 0 Å². The van der Waals surface area contributed by atoms with Crippen LogP contribution in [-0.4, -0.2) is 41.4 Å². The van der Waals surface area contributed by atoms with Crippen LogP contribution < -0.4 is 11.1 Å². The fourth-order valence-electron chi connectivity index (χ4n) is 3.10. The van der Waals surface area contributed by atoms with E-state index in [2.05, 4.69) is 5.32 Å². The van der Waals surface area contributed by atoms with Crippen LogP contribution in [0.3, 0.4) is 0 Å². The zero-order chi connectivity index (χ0) is 14.0. The molecule has 19 heavy (non-hydrogen) atoms. The molecule has 0 aromatic rings. The van der Waals surface area contributed by atoms with Gasteiger partial charge in [-0.2, -0.15) is 0 Å². The predicted molar refractivity (Wildman–Crippen MR) is 73.3 cm³/mol. The molecule has 1 saturated carbocycles. The Hall–Kier alpha value is -1.10. The van der Waals surface area contributed by atoms with E-state index in [9.17, 15) is 9.59 Å². The molecular formula is C14H25N3O2. The van der Waals surface area contributed by atoms with E-state index >= 15 is 0 Å². The van der Waals surface area contributed by atoms with Crippen molar-refractivity contribution in [3.63, 3.8) is 0 Å². The van der Waals surface area contributed by atoms with Crippen molar-refractivity contribution in [1.82, 2.24) is 10.2 Å². The molecule has 3 N–H and O–H groups in total. The molecule has 0 aromatic heterocycles. The van der Waals surface area contributed by atoms with Gasteiger partial charge in [0.2, 0.25) is 11.8 Å². The van der Waals surface area contributed by atoms with Crippen LogP contribution in [0, 0.1) is 5.92 Å². The summed E-state index contributed by atoms with van der Waals surface area (Å²) in [5, 5.41) is 2.92. The Balaban J connectivity index is 1.87. The van der Waals surface area contributed by atoms with Gasteiger partial charge in [0.25, 0.3) is 0 Å². The molecule has 3 unspecified atom stereocenters. The smallest absolute Gasteiger partial charge is 0.245 e. The van der Waals surface area contributed by atoms with E-state index in [1.165, 1.54) is 0 Å². The van der Waals surface area contributed by atoms with Crippen LogP contribution >= 0.6 is 0 Å². The molecule has 1 saturated heterocycles. The summed E-state index contributed by atoms with van der Waals surface area (Å²) in [6.07, 6.45) is 4.39. The van der Waals surface area contributed by atoms with E-state index < -0.39 is 0 Å². The van der Waals surface area contributed by atoms with Crippen molar-refractivity contribution >= 4 is 11.8 Å². The zero-order valence-corrected chi connectivity index (χ0v) is 11.9. The lowest BCUT2D eigenvalue weighted by atomic mass is 9.85. The third-order valence-electron chi connectivity index (χ3n) is 4.27. The van der Waals surface area contributed by atoms with Crippen LogP contribution in [0.1, 0.15) is 46.0 Å². The summed E-state index contributed by atoms with van der Waals surface area (Å²) < 4.78 is 0. The van der Waals surface area contributed by atoms with E-state index in [0.29, 0.717) is 0 Å². The molecule has 2 fully saturated rings. The molecule has 0 bridgehead atoms. The normalized spacial score (nSPS) is 31.9. The summed E-state index contributed by atoms with van der Waals surface area (Å²) in [6.45, 7) is 4.75. The van der Waals surface area contributed by atoms with Crippen LogP contribution in [-0.2, 0) is 9.59 Å². The Bertz CT molecular complexity index is 357. The maximum absolute atomic E-state index is 12.2. The highest BCUT2D eigenvalue weighted by atomic mass is 16.2. The second-order valence-electron chi connectivity index (χ2n) is 6.10. The number of nitrogens with two attached hydrogens (primary N) is 1. The predicted octanol–water partition coefficient (Wildman–Crippen LogP) is 0.629. The van der Waals surface area contributed by atoms with Gasteiger partial charge in [-0.3, -0.25) is 9.59 Å². The number of hydrogen-bond donors (Lipinski definition) is 2. The van der Waals surface area contributed by atoms with E-state index in [0.717, 1.165) is 38.6 Å². The quantitative estimate of drug-likeness (QED) is 0.787. The number of carbonyl (C=O) groups is 2. The van der Waals surface area contributed by atoms with Crippen molar-refractivity contribution in [3.8, 4) is 0 Å². The Morgan fingerprint density at radius 1 is 1.37 bits per heavy atom. The van der Waals surface area contributed by atoms with Gasteiger partial charge in [-0.25, -0.2) is 0 Å². The van der Waals surface area contributed by atoms with Gasteiger partial charge >= 0.3 is 0 Å². The van der Waals surface area contributed by atoms with Crippen molar-refractivity contribution in [3.05, 3.63) is 0 Å². The number of nitrogens with one attached hydrogen (secondary N) is 1. The largest absolute Gasteiger partial charge is 0.344 e. The third kappa shape index (κ3) is 3.26. The highest BCUT2D eigenvalue weighted by molar-refractivity contribution is 5.90. The summed E-state index contributed by atoms with van der Waals surface area (Å²) in [5.41, 5.74) is 5.90. The second-order valence-corrected chi connectivity index (χ2v) is 6.10. The number of amides is 2. The highest BCUT2D eigenvalue weighted by Gasteiger charge is 2.35. The van der Waals surface area contributed by atoms with Gasteiger partial charge in [0.05, 0.1) is 0 Å². The number of carbonyl (C=O) groups excluding carboxylic acids is 2. The lowest BCUT2D eigenvalue weighted by molar-refractivity contribution is -0.135. The molecular weight excluding hydrogens is 242 g/mol. The van der Waals surface area contributed by atoms with E-state index in [-0.39, 0.29) is 35.9 Å². The monoisotopic (exact) mass is 267 g/mol. The molecule has 2 rings (SSSR count). The van der Waals surface area contributed by atoms with Crippen molar-refractivity contribution in [2.45, 2.75) is 64.1 Å². The molecule has 5 nitrogen and oxygen atoms in total. The summed E-state index contributed by atoms with van der Waals surface area (Å²) >= 11 is 0. The summed E-state index contributed by atoms with van der Waals surface area (Å²) in [5.74, 6) is 0.0622. The Labute approximate surface area is 114 Å². The molecule has 1 aliphatic heterocycles. The number of rotatable bonds is 3. The minimum Gasteiger partial charge on any atom is -0.344 e. The molecule has 0 spiro atoms. The molecule has 1 heterocycles. The lowest BCUT2D eigenvalue weighted by Crippen LogP contribution is -2.46. The maximum atomic E-state index is 12.2. The van der Waals surface area contributed by atoms with E-state index in [1.807, 2.05) is 18.7 Å². The van der Waals surface area contributed by atoms with E-state index in [1.54, 1.807) is 0 Å². The van der Waals surface area contributed by atoms with Gasteiger partial charge in [-0.1, -0.05) is 6.42 Å². The second kappa shape index (κ2) is 5.90. The molecule has 0 aromatic carbocycles. The first kappa shape index (κ1) is 14.3. The van der Waals surface area contributed by atoms with Gasteiger partial charge in [0.15, 0.2) is 0 Å². The molecule has 3 atom stereocenters. The zero-order valence-electron chi connectivity index (χ0n) is 11.9. The van der Waals surface area contributed by atoms with Crippen LogP contribution in [0.2, 0.25) is 0 Å². The third-order valence-corrected chi connectivity index (χ3v) is 4.27. The Morgan fingerprint density at radius 3 is 2.68 bits per heavy atom. The number of nitrogens with zero attached hydrogens (tertiary/aromatic N) is 1. The fraction of sp³-hybridized carbons (Fsp3) is 0.857. The molecule has 2 amide bonds. The molecule has 108 valence electrons. The average molecular weight is 267 g/mol.